The fourth-order valence-electron chi connectivity index (χ4n) is 5.84. The molecule has 21 heavy (non-hydrogen) atoms. The number of hydrogen-bond donors (Lipinski definition) is 0. The maximum absolute atomic E-state index is 12.5. The summed E-state index contributed by atoms with van der Waals surface area (Å²) in [5, 5.41) is 0. The number of fused-ring (bicyclic) bond motifs is 1. The van der Waals surface area contributed by atoms with Crippen LogP contribution in [-0.4, -0.2) is 6.67 Å². The quantitative estimate of drug-likeness (QED) is 0.515. The zero-order valence-electron chi connectivity index (χ0n) is 14.8. The molecule has 0 heterocycles. The minimum atomic E-state index is -0.307. The largest absolute Gasteiger partial charge is 0.247 e. The highest BCUT2D eigenvalue weighted by atomic mass is 19.1. The lowest BCUT2D eigenvalue weighted by atomic mass is 9.46. The van der Waals surface area contributed by atoms with Crippen LogP contribution in [0.2, 0.25) is 0 Å². The monoisotopic (exact) mass is 294 g/mol. The van der Waals surface area contributed by atoms with Crippen LogP contribution in [-0.2, 0) is 0 Å². The summed E-state index contributed by atoms with van der Waals surface area (Å²) in [6, 6.07) is 0. The van der Waals surface area contributed by atoms with Gasteiger partial charge in [0.1, 0.15) is 6.67 Å². The molecule has 2 rings (SSSR count). The minimum Gasteiger partial charge on any atom is -0.247 e. The Balaban J connectivity index is 2.15. The normalized spacial score (nSPS) is 39.9. The molecule has 2 aliphatic rings. The summed E-state index contributed by atoms with van der Waals surface area (Å²) in [4.78, 5) is 0. The first kappa shape index (κ1) is 17.0. The molecule has 2 aliphatic carbocycles. The third-order valence-corrected chi connectivity index (χ3v) is 7.00. The minimum absolute atomic E-state index is 0.307. The van der Waals surface area contributed by atoms with Crippen molar-refractivity contribution in [2.45, 2.75) is 79.6 Å². The fourth-order valence-corrected chi connectivity index (χ4v) is 5.84. The van der Waals surface area contributed by atoms with Gasteiger partial charge in [-0.1, -0.05) is 52.2 Å². The molecule has 122 valence electrons. The van der Waals surface area contributed by atoms with Crippen molar-refractivity contribution >= 4 is 0 Å². The van der Waals surface area contributed by atoms with Crippen molar-refractivity contribution in [1.82, 2.24) is 0 Å². The van der Waals surface area contributed by atoms with Gasteiger partial charge in [-0.25, -0.2) is 4.39 Å². The second-order valence-corrected chi connectivity index (χ2v) is 8.81. The smallest absolute Gasteiger partial charge is 0.108 e. The molecule has 0 aromatic heterocycles. The molecule has 0 aliphatic heterocycles. The molecule has 4 unspecified atom stereocenters. The molecule has 0 amide bonds. The van der Waals surface area contributed by atoms with Crippen LogP contribution in [0.4, 0.5) is 4.39 Å². The zero-order valence-corrected chi connectivity index (χ0v) is 14.8. The highest BCUT2D eigenvalue weighted by Crippen LogP contribution is 2.62. The summed E-state index contributed by atoms with van der Waals surface area (Å²) in [6.45, 7) is 11.8. The summed E-state index contributed by atoms with van der Waals surface area (Å²) >= 11 is 0. The first-order valence-electron chi connectivity index (χ1n) is 9.03. The molecule has 0 aromatic carbocycles. The van der Waals surface area contributed by atoms with E-state index >= 15 is 0 Å². The van der Waals surface area contributed by atoms with Crippen molar-refractivity contribution in [3.05, 3.63) is 11.6 Å². The molecule has 2 fully saturated rings. The molecule has 0 aromatic rings. The number of allylic oxidation sites excluding steroid dienone is 2. The van der Waals surface area contributed by atoms with E-state index in [9.17, 15) is 4.39 Å². The van der Waals surface area contributed by atoms with Crippen LogP contribution in [0.25, 0.3) is 0 Å². The lowest BCUT2D eigenvalue weighted by Gasteiger charge is -2.59. The Labute approximate surface area is 131 Å². The topological polar surface area (TPSA) is 0 Å². The van der Waals surface area contributed by atoms with E-state index in [0.717, 1.165) is 24.2 Å². The summed E-state index contributed by atoms with van der Waals surface area (Å²) in [6.07, 6.45) is 11.1. The number of hydrogen-bond acceptors (Lipinski definition) is 0. The zero-order chi connectivity index (χ0) is 15.7. The van der Waals surface area contributed by atoms with Crippen molar-refractivity contribution in [3.63, 3.8) is 0 Å². The first-order valence-corrected chi connectivity index (χ1v) is 9.03. The Morgan fingerprint density at radius 3 is 2.57 bits per heavy atom. The molecule has 4 atom stereocenters. The summed E-state index contributed by atoms with van der Waals surface area (Å²) in [7, 11) is 0. The Kier molecular flexibility index (Phi) is 5.21. The SMILES string of the molecule is C/C(=C\CF)CCC1C(C)CCC2C(C)(C)CCCC12C. The summed E-state index contributed by atoms with van der Waals surface area (Å²) < 4.78 is 12.5. The van der Waals surface area contributed by atoms with Crippen LogP contribution in [0.3, 0.4) is 0 Å². The van der Waals surface area contributed by atoms with Crippen molar-refractivity contribution in [1.29, 1.82) is 0 Å². The Bertz CT molecular complexity index is 381. The maximum Gasteiger partial charge on any atom is 0.108 e. The predicted octanol–water partition coefficient (Wildman–Crippen LogP) is 6.56. The molecule has 0 spiro atoms. The average molecular weight is 294 g/mol. The lowest BCUT2D eigenvalue weighted by molar-refractivity contribution is -0.0957. The highest BCUT2D eigenvalue weighted by Gasteiger charge is 2.53. The van der Waals surface area contributed by atoms with Gasteiger partial charge in [-0.15, -0.1) is 0 Å². The molecular formula is C20H35F. The molecule has 0 N–H and O–H groups in total. The van der Waals surface area contributed by atoms with Crippen LogP contribution in [0.15, 0.2) is 11.6 Å². The van der Waals surface area contributed by atoms with Gasteiger partial charge in [-0.2, -0.15) is 0 Å². The van der Waals surface area contributed by atoms with E-state index in [1.165, 1.54) is 44.1 Å². The van der Waals surface area contributed by atoms with Gasteiger partial charge >= 0.3 is 0 Å². The Morgan fingerprint density at radius 1 is 1.19 bits per heavy atom. The number of rotatable bonds is 4. The van der Waals surface area contributed by atoms with E-state index in [1.807, 2.05) is 0 Å². The third-order valence-electron chi connectivity index (χ3n) is 7.00. The van der Waals surface area contributed by atoms with Gasteiger partial charge in [0.25, 0.3) is 0 Å². The summed E-state index contributed by atoms with van der Waals surface area (Å²) in [5.74, 6) is 2.53. The molecule has 0 nitrogen and oxygen atoms in total. The Morgan fingerprint density at radius 2 is 1.90 bits per heavy atom. The number of alkyl halides is 1. The molecule has 2 saturated carbocycles. The highest BCUT2D eigenvalue weighted by molar-refractivity contribution is 5.05. The van der Waals surface area contributed by atoms with Crippen LogP contribution in [0.5, 0.6) is 0 Å². The van der Waals surface area contributed by atoms with Gasteiger partial charge in [0, 0.05) is 0 Å². The van der Waals surface area contributed by atoms with Gasteiger partial charge in [0.15, 0.2) is 0 Å². The van der Waals surface area contributed by atoms with Crippen LogP contribution < -0.4 is 0 Å². The Hall–Kier alpha value is -0.330. The third kappa shape index (κ3) is 3.37. The van der Waals surface area contributed by atoms with Crippen LogP contribution in [0.1, 0.15) is 79.6 Å². The summed E-state index contributed by atoms with van der Waals surface area (Å²) in [5.41, 5.74) is 2.26. The van der Waals surface area contributed by atoms with Gasteiger partial charge in [0.2, 0.25) is 0 Å². The second kappa shape index (κ2) is 6.42. The molecule has 0 bridgehead atoms. The van der Waals surface area contributed by atoms with Crippen molar-refractivity contribution < 1.29 is 4.39 Å². The molecule has 0 radical (unpaired) electrons. The molecule has 0 saturated heterocycles. The number of halogens is 1. The van der Waals surface area contributed by atoms with Gasteiger partial charge < -0.3 is 0 Å². The van der Waals surface area contributed by atoms with E-state index in [-0.39, 0.29) is 6.67 Å². The van der Waals surface area contributed by atoms with Gasteiger partial charge in [-0.3, -0.25) is 0 Å². The van der Waals surface area contributed by atoms with Crippen molar-refractivity contribution in [2.24, 2.45) is 28.6 Å². The van der Waals surface area contributed by atoms with E-state index in [0.29, 0.717) is 10.8 Å². The van der Waals surface area contributed by atoms with E-state index in [2.05, 4.69) is 34.6 Å². The lowest BCUT2D eigenvalue weighted by Crippen LogP contribution is -2.51. The van der Waals surface area contributed by atoms with E-state index in [1.54, 1.807) is 6.08 Å². The molecular weight excluding hydrogens is 259 g/mol. The standard InChI is InChI=1S/C20H35F/c1-15(11-14-21)7-9-17-16(2)8-10-18-19(3,4)12-6-13-20(17,18)5/h11,16-18H,6-10,12-14H2,1-5H3/b15-11+. The average Bonchev–Trinajstić information content (AvgIpc) is 2.37. The van der Waals surface area contributed by atoms with E-state index in [4.69, 9.17) is 0 Å². The maximum atomic E-state index is 12.5. The van der Waals surface area contributed by atoms with E-state index < -0.39 is 0 Å². The fraction of sp³-hybridized carbons (Fsp3) is 0.900. The second-order valence-electron chi connectivity index (χ2n) is 8.81. The van der Waals surface area contributed by atoms with Crippen molar-refractivity contribution in [3.8, 4) is 0 Å². The van der Waals surface area contributed by atoms with Crippen LogP contribution in [0, 0.1) is 28.6 Å². The van der Waals surface area contributed by atoms with Gasteiger partial charge in [-0.05, 0) is 67.6 Å². The first-order chi connectivity index (χ1) is 9.81. The van der Waals surface area contributed by atoms with Gasteiger partial charge in [0.05, 0.1) is 0 Å². The molecule has 1 heteroatoms. The predicted molar refractivity (Wildman–Crippen MR) is 90.1 cm³/mol. The van der Waals surface area contributed by atoms with Crippen LogP contribution >= 0.6 is 0 Å². The van der Waals surface area contributed by atoms with Crippen molar-refractivity contribution in [2.75, 3.05) is 6.67 Å².